The predicted octanol–water partition coefficient (Wildman–Crippen LogP) is 8.99. The Hall–Kier alpha value is -2.21. The van der Waals surface area contributed by atoms with Gasteiger partial charge < -0.3 is 4.74 Å². The van der Waals surface area contributed by atoms with Crippen molar-refractivity contribution in [1.29, 1.82) is 0 Å². The van der Waals surface area contributed by atoms with E-state index in [1.807, 2.05) is 12.1 Å². The van der Waals surface area contributed by atoms with E-state index >= 15 is 0 Å². The molecular formula is C27H31F5O. The molecule has 0 saturated heterocycles. The van der Waals surface area contributed by atoms with E-state index in [1.165, 1.54) is 61.9 Å². The lowest BCUT2D eigenvalue weighted by atomic mass is 9.77. The summed E-state index contributed by atoms with van der Waals surface area (Å²) in [6, 6.07) is 12.6. The van der Waals surface area contributed by atoms with Gasteiger partial charge in [-0.15, -0.1) is 0 Å². The van der Waals surface area contributed by atoms with Crippen LogP contribution in [0, 0.1) is 5.92 Å². The molecule has 0 unspecified atom stereocenters. The maximum Gasteiger partial charge on any atom is 0.411 e. The zero-order chi connectivity index (χ0) is 23.8. The van der Waals surface area contributed by atoms with Gasteiger partial charge in [0, 0.05) is 11.1 Å². The van der Waals surface area contributed by atoms with Crippen molar-refractivity contribution in [3.63, 3.8) is 0 Å². The van der Waals surface area contributed by atoms with Crippen LogP contribution < -0.4 is 0 Å². The summed E-state index contributed by atoms with van der Waals surface area (Å²) in [5, 5.41) is 0. The quantitative estimate of drug-likeness (QED) is 0.265. The van der Waals surface area contributed by atoms with Crippen molar-refractivity contribution in [2.75, 3.05) is 6.61 Å². The van der Waals surface area contributed by atoms with Crippen LogP contribution in [0.5, 0.6) is 0 Å². The standard InChI is InChI=1S/C27H31F5O/c1-2-3-4-19-5-9-21(10-6-19)22-13-15-24(16-14-22)26(29)25(28)23-11-7-20(8-12-23)17-33-18-27(30,31)32/h7-8,11-16,19,21H,2-6,9-10,17-18H2,1H3/b26-25-. The molecule has 0 aromatic heterocycles. The Balaban J connectivity index is 1.59. The van der Waals surface area contributed by atoms with E-state index in [-0.39, 0.29) is 17.7 Å². The largest absolute Gasteiger partial charge is 0.411 e. The highest BCUT2D eigenvalue weighted by Gasteiger charge is 2.27. The van der Waals surface area contributed by atoms with Crippen LogP contribution in [0.3, 0.4) is 0 Å². The first-order valence-electron chi connectivity index (χ1n) is 11.7. The predicted molar refractivity (Wildman–Crippen MR) is 122 cm³/mol. The molecule has 33 heavy (non-hydrogen) atoms. The Morgan fingerprint density at radius 3 is 1.91 bits per heavy atom. The molecule has 1 fully saturated rings. The fourth-order valence-electron chi connectivity index (χ4n) is 4.46. The Morgan fingerprint density at radius 2 is 1.39 bits per heavy atom. The molecule has 2 aromatic rings. The molecule has 1 aliphatic rings. The van der Waals surface area contributed by atoms with E-state index in [9.17, 15) is 22.0 Å². The number of rotatable bonds is 9. The molecule has 1 nitrogen and oxygen atoms in total. The number of benzene rings is 2. The SMILES string of the molecule is CCCCC1CCC(c2ccc(/C(F)=C(/F)c3ccc(COCC(F)(F)F)cc3)cc2)CC1. The molecule has 3 rings (SSSR count). The van der Waals surface area contributed by atoms with Crippen LogP contribution in [0.1, 0.15) is 80.0 Å². The molecular weight excluding hydrogens is 435 g/mol. The smallest absolute Gasteiger partial charge is 0.367 e. The van der Waals surface area contributed by atoms with E-state index in [2.05, 4.69) is 11.7 Å². The van der Waals surface area contributed by atoms with Gasteiger partial charge in [-0.2, -0.15) is 13.2 Å². The number of hydrogen-bond donors (Lipinski definition) is 0. The third-order valence-electron chi connectivity index (χ3n) is 6.38. The van der Waals surface area contributed by atoms with Crippen molar-refractivity contribution < 1.29 is 26.7 Å². The lowest BCUT2D eigenvalue weighted by Crippen LogP contribution is -2.16. The number of halogens is 5. The first-order valence-corrected chi connectivity index (χ1v) is 11.7. The third kappa shape index (κ3) is 7.66. The highest BCUT2D eigenvalue weighted by Crippen LogP contribution is 2.38. The Bertz CT molecular complexity index is 892. The highest BCUT2D eigenvalue weighted by atomic mass is 19.4. The average molecular weight is 467 g/mol. The molecule has 2 aromatic carbocycles. The Morgan fingerprint density at radius 1 is 0.848 bits per heavy atom. The molecule has 0 amide bonds. The summed E-state index contributed by atoms with van der Waals surface area (Å²) in [5.41, 5.74) is 1.82. The van der Waals surface area contributed by atoms with Gasteiger partial charge in [0.1, 0.15) is 6.61 Å². The molecule has 1 saturated carbocycles. The molecule has 0 bridgehead atoms. The second-order valence-corrected chi connectivity index (χ2v) is 8.91. The molecule has 180 valence electrons. The first kappa shape index (κ1) is 25.4. The van der Waals surface area contributed by atoms with Crippen LogP contribution in [0.4, 0.5) is 22.0 Å². The highest BCUT2D eigenvalue weighted by molar-refractivity contribution is 5.83. The maximum absolute atomic E-state index is 14.7. The summed E-state index contributed by atoms with van der Waals surface area (Å²) in [6.07, 6.45) is 4.16. The van der Waals surface area contributed by atoms with Crippen LogP contribution in [0.15, 0.2) is 48.5 Å². The van der Waals surface area contributed by atoms with Crippen LogP contribution in [-0.2, 0) is 11.3 Å². The Kier molecular flexibility index (Phi) is 9.07. The van der Waals surface area contributed by atoms with Crippen molar-refractivity contribution in [2.45, 2.75) is 70.6 Å². The topological polar surface area (TPSA) is 9.23 Å². The minimum atomic E-state index is -4.40. The molecule has 0 heterocycles. The minimum Gasteiger partial charge on any atom is -0.367 e. The monoisotopic (exact) mass is 466 g/mol. The fraction of sp³-hybridized carbons (Fsp3) is 0.481. The lowest BCUT2D eigenvalue weighted by molar-refractivity contribution is -0.176. The fourth-order valence-corrected chi connectivity index (χ4v) is 4.46. The van der Waals surface area contributed by atoms with Crippen molar-refractivity contribution in [2.24, 2.45) is 5.92 Å². The Labute approximate surface area is 192 Å². The normalized spacial score (nSPS) is 19.9. The van der Waals surface area contributed by atoms with Gasteiger partial charge in [-0.05, 0) is 48.6 Å². The summed E-state index contributed by atoms with van der Waals surface area (Å²) in [5.74, 6) is -0.661. The average Bonchev–Trinajstić information content (AvgIpc) is 2.82. The van der Waals surface area contributed by atoms with E-state index in [4.69, 9.17) is 0 Å². The molecule has 0 radical (unpaired) electrons. The van der Waals surface area contributed by atoms with Gasteiger partial charge in [-0.1, -0.05) is 74.7 Å². The second kappa shape index (κ2) is 11.8. The van der Waals surface area contributed by atoms with Gasteiger partial charge in [0.25, 0.3) is 0 Å². The summed E-state index contributed by atoms with van der Waals surface area (Å²) >= 11 is 0. The number of hydrogen-bond acceptors (Lipinski definition) is 1. The van der Waals surface area contributed by atoms with E-state index in [0.717, 1.165) is 18.8 Å². The van der Waals surface area contributed by atoms with E-state index in [1.54, 1.807) is 12.1 Å². The summed E-state index contributed by atoms with van der Waals surface area (Å²) in [4.78, 5) is 0. The van der Waals surface area contributed by atoms with Crippen molar-refractivity contribution >= 4 is 11.7 Å². The van der Waals surface area contributed by atoms with Gasteiger partial charge in [-0.25, -0.2) is 8.78 Å². The number of unbranched alkanes of at least 4 members (excludes halogenated alkanes) is 1. The summed E-state index contributed by atoms with van der Waals surface area (Å²) in [7, 11) is 0. The van der Waals surface area contributed by atoms with Crippen molar-refractivity contribution in [3.05, 3.63) is 70.8 Å². The second-order valence-electron chi connectivity index (χ2n) is 8.91. The first-order chi connectivity index (χ1) is 15.8. The van der Waals surface area contributed by atoms with Crippen LogP contribution >= 0.6 is 0 Å². The molecule has 6 heteroatoms. The van der Waals surface area contributed by atoms with Gasteiger partial charge >= 0.3 is 6.18 Å². The maximum atomic E-state index is 14.7. The van der Waals surface area contributed by atoms with Gasteiger partial charge in [-0.3, -0.25) is 0 Å². The van der Waals surface area contributed by atoms with Gasteiger partial charge in [0.2, 0.25) is 0 Å². The summed E-state index contributed by atoms with van der Waals surface area (Å²) in [6.45, 7) is 0.611. The molecule has 0 aliphatic heterocycles. The zero-order valence-corrected chi connectivity index (χ0v) is 18.9. The third-order valence-corrected chi connectivity index (χ3v) is 6.38. The van der Waals surface area contributed by atoms with Gasteiger partial charge in [0.05, 0.1) is 6.61 Å². The van der Waals surface area contributed by atoms with Crippen LogP contribution in [0.2, 0.25) is 0 Å². The lowest BCUT2D eigenvalue weighted by Gasteiger charge is -2.28. The molecule has 1 aliphatic carbocycles. The van der Waals surface area contributed by atoms with Crippen LogP contribution in [0.25, 0.3) is 11.7 Å². The molecule has 0 N–H and O–H groups in total. The van der Waals surface area contributed by atoms with Crippen molar-refractivity contribution in [1.82, 2.24) is 0 Å². The zero-order valence-electron chi connectivity index (χ0n) is 18.9. The van der Waals surface area contributed by atoms with E-state index < -0.39 is 24.4 Å². The minimum absolute atomic E-state index is 0.0292. The molecule has 0 spiro atoms. The summed E-state index contributed by atoms with van der Waals surface area (Å²) < 4.78 is 70.4. The van der Waals surface area contributed by atoms with E-state index in [0.29, 0.717) is 11.5 Å². The van der Waals surface area contributed by atoms with Gasteiger partial charge in [0.15, 0.2) is 11.7 Å². The van der Waals surface area contributed by atoms with Crippen LogP contribution in [-0.4, -0.2) is 12.8 Å². The number of alkyl halides is 3. The number of ether oxygens (including phenoxy) is 1. The van der Waals surface area contributed by atoms with Crippen molar-refractivity contribution in [3.8, 4) is 0 Å². The molecule has 0 atom stereocenters.